The number of amides is 3. The Morgan fingerprint density at radius 1 is 1.20 bits per heavy atom. The lowest BCUT2D eigenvalue weighted by molar-refractivity contribution is -0.122. The number of nitrogens with zero attached hydrogens (tertiary/aromatic N) is 1. The lowest BCUT2D eigenvalue weighted by atomic mass is 10.0. The van der Waals surface area contributed by atoms with Crippen LogP contribution in [0.5, 0.6) is 0 Å². The Morgan fingerprint density at radius 2 is 1.80 bits per heavy atom. The number of carbonyl (C=O) groups is 2. The van der Waals surface area contributed by atoms with Crippen LogP contribution in [0.4, 0.5) is 23.7 Å². The third-order valence-corrected chi connectivity index (χ3v) is 3.67. The first-order valence-electron chi connectivity index (χ1n) is 5.63. The Balaban J connectivity index is 2.48. The monoisotopic (exact) mass is 304 g/mol. The van der Waals surface area contributed by atoms with Crippen molar-refractivity contribution >= 4 is 29.4 Å². The van der Waals surface area contributed by atoms with E-state index in [9.17, 15) is 22.8 Å². The molecule has 1 N–H and O–H groups in total. The molecule has 0 aromatic heterocycles. The molecular weight excluding hydrogens is 293 g/mol. The van der Waals surface area contributed by atoms with E-state index in [0.29, 0.717) is 0 Å². The van der Waals surface area contributed by atoms with Crippen molar-refractivity contribution in [1.82, 2.24) is 5.32 Å². The van der Waals surface area contributed by atoms with Crippen LogP contribution in [0.15, 0.2) is 29.2 Å². The molecule has 0 aliphatic carbocycles. The Hall–Kier alpha value is -1.70. The standard InChI is InChI=1S/C12H11F3N2O2S/c1-11(2)9(18)16-10(19)17(11)7-5-3-4-6-8(7)20-12(13,14)15/h3-6H,1-2H3,(H,16,18,19). The third-order valence-electron chi connectivity index (χ3n) is 2.87. The van der Waals surface area contributed by atoms with Gasteiger partial charge in [-0.25, -0.2) is 4.79 Å². The summed E-state index contributed by atoms with van der Waals surface area (Å²) < 4.78 is 37.7. The molecule has 0 saturated carbocycles. The predicted octanol–water partition coefficient (Wildman–Crippen LogP) is 3.13. The summed E-state index contributed by atoms with van der Waals surface area (Å²) in [5.74, 6) is -0.547. The highest BCUT2D eigenvalue weighted by molar-refractivity contribution is 8.00. The number of hydrogen-bond acceptors (Lipinski definition) is 3. The van der Waals surface area contributed by atoms with Crippen molar-refractivity contribution in [2.75, 3.05) is 4.90 Å². The molecule has 3 amide bonds. The van der Waals surface area contributed by atoms with Crippen LogP contribution in [0.1, 0.15) is 13.8 Å². The summed E-state index contributed by atoms with van der Waals surface area (Å²) in [6, 6.07) is 4.88. The molecule has 108 valence electrons. The molecule has 1 heterocycles. The first-order chi connectivity index (χ1) is 9.13. The van der Waals surface area contributed by atoms with E-state index in [-0.39, 0.29) is 22.3 Å². The van der Waals surface area contributed by atoms with Crippen molar-refractivity contribution in [2.45, 2.75) is 29.8 Å². The van der Waals surface area contributed by atoms with E-state index in [4.69, 9.17) is 0 Å². The number of thioether (sulfide) groups is 1. The molecule has 0 radical (unpaired) electrons. The molecule has 1 saturated heterocycles. The molecule has 2 rings (SSSR count). The molecule has 1 fully saturated rings. The number of anilines is 1. The van der Waals surface area contributed by atoms with Crippen LogP contribution in [-0.2, 0) is 4.79 Å². The van der Waals surface area contributed by atoms with Gasteiger partial charge in [-0.15, -0.1) is 0 Å². The first kappa shape index (κ1) is 14.7. The fraction of sp³-hybridized carbons (Fsp3) is 0.333. The maximum Gasteiger partial charge on any atom is 0.446 e. The zero-order valence-corrected chi connectivity index (χ0v) is 11.4. The van der Waals surface area contributed by atoms with Gasteiger partial charge in [0.1, 0.15) is 5.54 Å². The topological polar surface area (TPSA) is 49.4 Å². The zero-order valence-electron chi connectivity index (χ0n) is 10.6. The van der Waals surface area contributed by atoms with Crippen molar-refractivity contribution in [3.8, 4) is 0 Å². The van der Waals surface area contributed by atoms with Gasteiger partial charge in [0.15, 0.2) is 0 Å². The van der Waals surface area contributed by atoms with E-state index in [1.165, 1.54) is 38.1 Å². The maximum absolute atomic E-state index is 12.6. The highest BCUT2D eigenvalue weighted by atomic mass is 32.2. The summed E-state index contributed by atoms with van der Waals surface area (Å²) in [5.41, 5.74) is -5.65. The van der Waals surface area contributed by atoms with Gasteiger partial charge in [0.25, 0.3) is 5.91 Å². The number of carbonyl (C=O) groups excluding carboxylic acids is 2. The van der Waals surface area contributed by atoms with Crippen LogP contribution in [-0.4, -0.2) is 23.0 Å². The lowest BCUT2D eigenvalue weighted by Crippen LogP contribution is -2.44. The smallest absolute Gasteiger partial charge is 0.278 e. The Labute approximate surface area is 117 Å². The average molecular weight is 304 g/mol. The number of urea groups is 1. The maximum atomic E-state index is 12.6. The second-order valence-electron chi connectivity index (χ2n) is 4.67. The minimum absolute atomic E-state index is 0.0585. The lowest BCUT2D eigenvalue weighted by Gasteiger charge is -2.29. The van der Waals surface area contributed by atoms with Gasteiger partial charge < -0.3 is 0 Å². The van der Waals surface area contributed by atoms with Crippen molar-refractivity contribution in [2.24, 2.45) is 0 Å². The molecule has 1 aromatic carbocycles. The average Bonchev–Trinajstić information content (AvgIpc) is 2.48. The Bertz CT molecular complexity index is 572. The number of para-hydroxylation sites is 1. The van der Waals surface area contributed by atoms with Crippen LogP contribution in [0.3, 0.4) is 0 Å². The van der Waals surface area contributed by atoms with E-state index in [0.717, 1.165) is 4.90 Å². The normalized spacial score (nSPS) is 18.4. The molecule has 1 aliphatic rings. The van der Waals surface area contributed by atoms with Gasteiger partial charge in [0.05, 0.1) is 5.69 Å². The highest BCUT2D eigenvalue weighted by Gasteiger charge is 2.47. The molecule has 1 aliphatic heterocycles. The zero-order chi connectivity index (χ0) is 15.1. The van der Waals surface area contributed by atoms with Gasteiger partial charge in [-0.1, -0.05) is 12.1 Å². The minimum atomic E-state index is -4.47. The number of nitrogens with one attached hydrogen (secondary N) is 1. The molecular formula is C12H11F3N2O2S. The summed E-state index contributed by atoms with van der Waals surface area (Å²) in [4.78, 5) is 24.4. The second kappa shape index (κ2) is 4.69. The molecule has 1 aromatic rings. The molecule has 0 spiro atoms. The number of halogens is 3. The fourth-order valence-corrected chi connectivity index (χ4v) is 2.58. The van der Waals surface area contributed by atoms with Gasteiger partial charge in [-0.2, -0.15) is 13.2 Å². The van der Waals surface area contributed by atoms with Gasteiger partial charge in [-0.3, -0.25) is 15.0 Å². The summed E-state index contributed by atoms with van der Waals surface area (Å²) in [6.07, 6.45) is 0. The van der Waals surface area contributed by atoms with Crippen LogP contribution < -0.4 is 10.2 Å². The Morgan fingerprint density at radius 3 is 2.30 bits per heavy atom. The molecule has 20 heavy (non-hydrogen) atoms. The SMILES string of the molecule is CC1(C)C(=O)NC(=O)N1c1ccccc1SC(F)(F)F. The highest BCUT2D eigenvalue weighted by Crippen LogP contribution is 2.43. The number of alkyl halides is 3. The van der Waals surface area contributed by atoms with Gasteiger partial charge in [-0.05, 0) is 37.7 Å². The summed E-state index contributed by atoms with van der Waals surface area (Å²) in [5, 5.41) is 2.10. The molecule has 4 nitrogen and oxygen atoms in total. The largest absolute Gasteiger partial charge is 0.446 e. The van der Waals surface area contributed by atoms with E-state index >= 15 is 0 Å². The fourth-order valence-electron chi connectivity index (χ4n) is 1.92. The molecule has 0 atom stereocenters. The summed E-state index contributed by atoms with van der Waals surface area (Å²) in [7, 11) is 0. The van der Waals surface area contributed by atoms with E-state index < -0.39 is 23.0 Å². The summed E-state index contributed by atoms with van der Waals surface area (Å²) in [6.45, 7) is 2.95. The van der Waals surface area contributed by atoms with Crippen LogP contribution in [0.25, 0.3) is 0 Å². The molecule has 8 heteroatoms. The van der Waals surface area contributed by atoms with Crippen LogP contribution >= 0.6 is 11.8 Å². The van der Waals surface area contributed by atoms with E-state index in [1.807, 2.05) is 0 Å². The van der Waals surface area contributed by atoms with E-state index in [1.54, 1.807) is 0 Å². The third kappa shape index (κ3) is 2.60. The second-order valence-corrected chi connectivity index (χ2v) is 5.78. The predicted molar refractivity (Wildman–Crippen MR) is 68.5 cm³/mol. The minimum Gasteiger partial charge on any atom is -0.278 e. The number of benzene rings is 1. The molecule has 0 bridgehead atoms. The van der Waals surface area contributed by atoms with Gasteiger partial charge in [0.2, 0.25) is 0 Å². The summed E-state index contributed by atoms with van der Waals surface area (Å²) >= 11 is -0.315. The first-order valence-corrected chi connectivity index (χ1v) is 6.45. The van der Waals surface area contributed by atoms with Gasteiger partial charge in [0, 0.05) is 4.90 Å². The number of hydrogen-bond donors (Lipinski definition) is 1. The van der Waals surface area contributed by atoms with Crippen molar-refractivity contribution in [1.29, 1.82) is 0 Å². The van der Waals surface area contributed by atoms with Crippen LogP contribution in [0.2, 0.25) is 0 Å². The number of imide groups is 1. The quantitative estimate of drug-likeness (QED) is 0.674. The van der Waals surface area contributed by atoms with Crippen molar-refractivity contribution < 1.29 is 22.8 Å². The van der Waals surface area contributed by atoms with Crippen molar-refractivity contribution in [3.63, 3.8) is 0 Å². The molecule has 0 unspecified atom stereocenters. The number of rotatable bonds is 2. The van der Waals surface area contributed by atoms with E-state index in [2.05, 4.69) is 5.32 Å². The Kier molecular flexibility index (Phi) is 3.45. The van der Waals surface area contributed by atoms with Gasteiger partial charge >= 0.3 is 11.5 Å². The van der Waals surface area contributed by atoms with Crippen molar-refractivity contribution in [3.05, 3.63) is 24.3 Å². The van der Waals surface area contributed by atoms with Crippen LogP contribution in [0, 0.1) is 0 Å².